The van der Waals surface area contributed by atoms with Gasteiger partial charge in [-0.1, -0.05) is 79.2 Å². The van der Waals surface area contributed by atoms with Crippen LogP contribution in [0, 0.1) is 0 Å². The number of aromatic nitrogens is 1. The number of pyridine rings is 1. The molecule has 128 valence electrons. The summed E-state index contributed by atoms with van der Waals surface area (Å²) < 4.78 is 11.8. The molecule has 0 atom stereocenters. The average molecular weight is 354 g/mol. The van der Waals surface area contributed by atoms with Crippen LogP contribution in [-0.2, 0) is 19.6 Å². The van der Waals surface area contributed by atoms with Gasteiger partial charge in [-0.15, -0.1) is 0 Å². The largest absolute Gasteiger partial charge is 0.488 e. The zero-order valence-corrected chi connectivity index (χ0v) is 14.9. The van der Waals surface area contributed by atoms with Crippen molar-refractivity contribution >= 4 is 11.6 Å². The van der Waals surface area contributed by atoms with Crippen molar-refractivity contribution in [1.29, 1.82) is 0 Å². The van der Waals surface area contributed by atoms with E-state index < -0.39 is 0 Å². The lowest BCUT2D eigenvalue weighted by Gasteiger charge is -2.14. The van der Waals surface area contributed by atoms with Crippen LogP contribution in [0.4, 0.5) is 0 Å². The van der Waals surface area contributed by atoms with Gasteiger partial charge in [-0.05, 0) is 17.5 Å². The predicted octanol–water partition coefficient (Wildman–Crippen LogP) is 5.46. The number of ether oxygens (including phenoxy) is 2. The third-order valence-electron chi connectivity index (χ3n) is 3.83. The maximum absolute atomic E-state index is 6.33. The highest BCUT2D eigenvalue weighted by Crippen LogP contribution is 2.30. The smallest absolute Gasteiger partial charge is 0.218 e. The standard InChI is InChI=1S/C21H20ClNO2/c1-2-18-19(24-14-16-9-5-3-6-10-16)13-20(23-21(18)22)25-15-17-11-7-4-8-12-17/h3-13H,2,14-15H2,1H3. The van der Waals surface area contributed by atoms with E-state index >= 15 is 0 Å². The van der Waals surface area contributed by atoms with Crippen molar-refractivity contribution in [3.05, 3.63) is 88.6 Å². The minimum Gasteiger partial charge on any atom is -0.488 e. The van der Waals surface area contributed by atoms with Crippen molar-refractivity contribution < 1.29 is 9.47 Å². The molecule has 2 aromatic carbocycles. The Labute approximate surface area is 153 Å². The molecule has 0 bridgehead atoms. The molecule has 0 unspecified atom stereocenters. The first kappa shape index (κ1) is 17.3. The third kappa shape index (κ3) is 4.74. The van der Waals surface area contributed by atoms with Crippen LogP contribution in [0.25, 0.3) is 0 Å². The Morgan fingerprint density at radius 3 is 1.96 bits per heavy atom. The molecule has 0 aliphatic carbocycles. The van der Waals surface area contributed by atoms with Crippen LogP contribution in [0.3, 0.4) is 0 Å². The molecule has 0 spiro atoms. The molecular weight excluding hydrogens is 334 g/mol. The molecule has 1 aromatic heterocycles. The molecule has 0 radical (unpaired) electrons. The summed E-state index contributed by atoms with van der Waals surface area (Å²) in [4.78, 5) is 4.34. The van der Waals surface area contributed by atoms with E-state index in [0.29, 0.717) is 24.2 Å². The molecule has 4 heteroatoms. The number of benzene rings is 2. The minimum atomic E-state index is 0.427. The fourth-order valence-electron chi connectivity index (χ4n) is 2.49. The van der Waals surface area contributed by atoms with E-state index in [9.17, 15) is 0 Å². The van der Waals surface area contributed by atoms with Crippen LogP contribution in [0.5, 0.6) is 11.6 Å². The Kier molecular flexibility index (Phi) is 5.91. The van der Waals surface area contributed by atoms with E-state index in [-0.39, 0.29) is 0 Å². The van der Waals surface area contributed by atoms with E-state index in [2.05, 4.69) is 4.98 Å². The highest BCUT2D eigenvalue weighted by molar-refractivity contribution is 6.30. The number of nitrogens with zero attached hydrogens (tertiary/aromatic N) is 1. The predicted molar refractivity (Wildman–Crippen MR) is 100 cm³/mol. The lowest BCUT2D eigenvalue weighted by atomic mass is 10.2. The van der Waals surface area contributed by atoms with Gasteiger partial charge in [-0.25, -0.2) is 4.98 Å². The van der Waals surface area contributed by atoms with Crippen LogP contribution in [-0.4, -0.2) is 4.98 Å². The summed E-state index contributed by atoms with van der Waals surface area (Å²) in [5.74, 6) is 1.18. The highest BCUT2D eigenvalue weighted by atomic mass is 35.5. The average Bonchev–Trinajstić information content (AvgIpc) is 2.66. The van der Waals surface area contributed by atoms with Gasteiger partial charge in [0, 0.05) is 11.6 Å². The normalized spacial score (nSPS) is 10.5. The van der Waals surface area contributed by atoms with E-state index in [1.807, 2.05) is 73.7 Å². The molecule has 0 fully saturated rings. The minimum absolute atomic E-state index is 0.427. The van der Waals surface area contributed by atoms with Crippen molar-refractivity contribution in [2.45, 2.75) is 26.6 Å². The molecule has 0 aliphatic heterocycles. The number of rotatable bonds is 7. The van der Waals surface area contributed by atoms with E-state index in [4.69, 9.17) is 21.1 Å². The second kappa shape index (κ2) is 8.54. The molecule has 25 heavy (non-hydrogen) atoms. The van der Waals surface area contributed by atoms with Gasteiger partial charge >= 0.3 is 0 Å². The van der Waals surface area contributed by atoms with Gasteiger partial charge in [0.2, 0.25) is 5.88 Å². The first-order valence-corrected chi connectivity index (χ1v) is 8.67. The Morgan fingerprint density at radius 1 is 0.840 bits per heavy atom. The summed E-state index contributed by atoms with van der Waals surface area (Å²) in [5.41, 5.74) is 3.07. The maximum Gasteiger partial charge on any atom is 0.218 e. The molecule has 0 N–H and O–H groups in total. The molecule has 3 rings (SSSR count). The van der Waals surface area contributed by atoms with Gasteiger partial charge in [0.25, 0.3) is 0 Å². The van der Waals surface area contributed by atoms with Crippen LogP contribution in [0.15, 0.2) is 66.7 Å². The van der Waals surface area contributed by atoms with Crippen LogP contribution in [0.1, 0.15) is 23.6 Å². The van der Waals surface area contributed by atoms with Crippen molar-refractivity contribution in [3.8, 4) is 11.6 Å². The Hall–Kier alpha value is -2.52. The third-order valence-corrected chi connectivity index (χ3v) is 4.14. The van der Waals surface area contributed by atoms with Gasteiger partial charge in [-0.3, -0.25) is 0 Å². The molecule has 0 saturated carbocycles. The fourth-order valence-corrected chi connectivity index (χ4v) is 2.80. The fraction of sp³-hybridized carbons (Fsp3) is 0.190. The Bertz CT molecular complexity index is 807. The first-order valence-electron chi connectivity index (χ1n) is 8.29. The summed E-state index contributed by atoms with van der Waals surface area (Å²) in [6, 6.07) is 21.8. The summed E-state index contributed by atoms with van der Waals surface area (Å²) in [6.07, 6.45) is 0.745. The quantitative estimate of drug-likeness (QED) is 0.529. The van der Waals surface area contributed by atoms with Crippen molar-refractivity contribution in [3.63, 3.8) is 0 Å². The van der Waals surface area contributed by atoms with Gasteiger partial charge in [0.15, 0.2) is 0 Å². The van der Waals surface area contributed by atoms with Gasteiger partial charge in [0.1, 0.15) is 24.1 Å². The van der Waals surface area contributed by atoms with E-state index in [1.54, 1.807) is 0 Å². The second-order valence-electron chi connectivity index (χ2n) is 5.63. The molecule has 0 aliphatic rings. The van der Waals surface area contributed by atoms with Crippen LogP contribution >= 0.6 is 11.6 Å². The van der Waals surface area contributed by atoms with Gasteiger partial charge in [0.05, 0.1) is 0 Å². The summed E-state index contributed by atoms with van der Waals surface area (Å²) in [5, 5.41) is 0.427. The van der Waals surface area contributed by atoms with Gasteiger partial charge in [-0.2, -0.15) is 0 Å². The first-order chi connectivity index (χ1) is 12.3. The number of halogens is 1. The topological polar surface area (TPSA) is 31.4 Å². The van der Waals surface area contributed by atoms with Crippen molar-refractivity contribution in [1.82, 2.24) is 4.98 Å². The monoisotopic (exact) mass is 353 g/mol. The number of hydrogen-bond donors (Lipinski definition) is 0. The van der Waals surface area contributed by atoms with E-state index in [0.717, 1.165) is 28.9 Å². The Morgan fingerprint density at radius 2 is 1.40 bits per heavy atom. The molecule has 3 nitrogen and oxygen atoms in total. The zero-order chi connectivity index (χ0) is 17.5. The summed E-state index contributed by atoms with van der Waals surface area (Å²) in [6.45, 7) is 2.95. The molecule has 0 saturated heterocycles. The zero-order valence-electron chi connectivity index (χ0n) is 14.1. The van der Waals surface area contributed by atoms with Crippen LogP contribution < -0.4 is 9.47 Å². The lowest BCUT2D eigenvalue weighted by molar-refractivity contribution is 0.279. The molecule has 0 amide bonds. The highest BCUT2D eigenvalue weighted by Gasteiger charge is 2.12. The van der Waals surface area contributed by atoms with Crippen molar-refractivity contribution in [2.75, 3.05) is 0 Å². The number of hydrogen-bond acceptors (Lipinski definition) is 3. The maximum atomic E-state index is 6.33. The van der Waals surface area contributed by atoms with Gasteiger partial charge < -0.3 is 9.47 Å². The Balaban J connectivity index is 1.75. The summed E-state index contributed by atoms with van der Waals surface area (Å²) >= 11 is 6.33. The molecular formula is C21H20ClNO2. The summed E-state index contributed by atoms with van der Waals surface area (Å²) in [7, 11) is 0. The molecule has 3 aromatic rings. The van der Waals surface area contributed by atoms with Crippen LogP contribution in [0.2, 0.25) is 5.15 Å². The lowest BCUT2D eigenvalue weighted by Crippen LogP contribution is -2.03. The SMILES string of the molecule is CCc1c(OCc2ccccc2)cc(OCc2ccccc2)nc1Cl. The van der Waals surface area contributed by atoms with E-state index in [1.165, 1.54) is 0 Å². The van der Waals surface area contributed by atoms with Crippen molar-refractivity contribution in [2.24, 2.45) is 0 Å². The molecule has 1 heterocycles. The second-order valence-corrected chi connectivity index (χ2v) is 5.99.